The van der Waals surface area contributed by atoms with Crippen molar-refractivity contribution in [3.05, 3.63) is 5.01 Å². The number of nitrogens with one attached hydrogen (secondary N) is 1. The Morgan fingerprint density at radius 2 is 2.11 bits per heavy atom. The highest BCUT2D eigenvalue weighted by Gasteiger charge is 2.30. The molecule has 0 aromatic carbocycles. The lowest BCUT2D eigenvalue weighted by atomic mass is 10.1. The molecule has 6 nitrogen and oxygen atoms in total. The Hall–Kier alpha value is -0.730. The molecule has 3 rings (SSSR count). The quantitative estimate of drug-likeness (QED) is 0.895. The summed E-state index contributed by atoms with van der Waals surface area (Å²) >= 11 is 1.66. The Labute approximate surface area is 117 Å². The fraction of sp³-hybridized carbons (Fsp3) is 0.818. The third-order valence-corrected chi connectivity index (χ3v) is 5.34. The summed E-state index contributed by atoms with van der Waals surface area (Å²) in [5, 5.41) is 10.6. The van der Waals surface area contributed by atoms with Crippen LogP contribution in [-0.4, -0.2) is 44.0 Å². The molecule has 19 heavy (non-hydrogen) atoms. The minimum Gasteiger partial charge on any atom is -0.345 e. The molecule has 2 heterocycles. The van der Waals surface area contributed by atoms with Gasteiger partial charge in [-0.2, -0.15) is 0 Å². The Kier molecular flexibility index (Phi) is 3.48. The summed E-state index contributed by atoms with van der Waals surface area (Å²) < 4.78 is 25.3. The molecular formula is C11H18N4O2S2. The van der Waals surface area contributed by atoms with Crippen LogP contribution in [0.1, 0.15) is 36.6 Å². The zero-order chi connectivity index (χ0) is 13.5. The van der Waals surface area contributed by atoms with Crippen LogP contribution in [0.3, 0.4) is 0 Å². The first-order valence-electron chi connectivity index (χ1n) is 6.57. The zero-order valence-corrected chi connectivity index (χ0v) is 12.5. The van der Waals surface area contributed by atoms with Gasteiger partial charge in [0, 0.05) is 25.0 Å². The van der Waals surface area contributed by atoms with Gasteiger partial charge in [-0.05, 0) is 25.7 Å². The molecule has 1 atom stereocenters. The van der Waals surface area contributed by atoms with Gasteiger partial charge in [-0.3, -0.25) is 0 Å². The van der Waals surface area contributed by atoms with Gasteiger partial charge in [-0.1, -0.05) is 11.3 Å². The maximum Gasteiger partial charge on any atom is 0.209 e. The van der Waals surface area contributed by atoms with Crippen molar-refractivity contribution in [3.63, 3.8) is 0 Å². The number of hydrogen-bond donors (Lipinski definition) is 1. The summed E-state index contributed by atoms with van der Waals surface area (Å²) in [6.07, 6.45) is 5.53. The highest BCUT2D eigenvalue weighted by molar-refractivity contribution is 7.88. The van der Waals surface area contributed by atoms with Crippen LogP contribution in [0, 0.1) is 0 Å². The van der Waals surface area contributed by atoms with Crippen molar-refractivity contribution < 1.29 is 8.42 Å². The van der Waals surface area contributed by atoms with Crippen molar-refractivity contribution in [2.24, 2.45) is 0 Å². The van der Waals surface area contributed by atoms with E-state index in [1.54, 1.807) is 11.3 Å². The summed E-state index contributed by atoms with van der Waals surface area (Å²) in [6.45, 7) is 1.62. The minimum atomic E-state index is -3.14. The first-order valence-corrected chi connectivity index (χ1v) is 9.28. The van der Waals surface area contributed by atoms with Gasteiger partial charge in [0.05, 0.1) is 6.26 Å². The molecular weight excluding hydrogens is 284 g/mol. The SMILES string of the molecule is CS(=O)(=O)NC1CCCN(c2nnc(C3CC3)s2)C1. The Balaban J connectivity index is 1.66. The van der Waals surface area contributed by atoms with Gasteiger partial charge in [-0.15, -0.1) is 10.2 Å². The third-order valence-electron chi connectivity index (χ3n) is 3.43. The number of piperidine rings is 1. The van der Waals surface area contributed by atoms with Gasteiger partial charge < -0.3 is 4.90 Å². The first kappa shape index (κ1) is 13.3. The van der Waals surface area contributed by atoms with E-state index in [1.807, 2.05) is 0 Å². The fourth-order valence-electron chi connectivity index (χ4n) is 2.40. The van der Waals surface area contributed by atoms with E-state index in [4.69, 9.17) is 0 Å². The minimum absolute atomic E-state index is 0.0166. The van der Waals surface area contributed by atoms with E-state index in [-0.39, 0.29) is 6.04 Å². The van der Waals surface area contributed by atoms with Crippen LogP contribution in [0.15, 0.2) is 0 Å². The smallest absolute Gasteiger partial charge is 0.209 e. The summed E-state index contributed by atoms with van der Waals surface area (Å²) in [5.74, 6) is 0.626. The average Bonchev–Trinajstić information content (AvgIpc) is 3.05. The largest absolute Gasteiger partial charge is 0.345 e. The van der Waals surface area contributed by atoms with Crippen molar-refractivity contribution in [1.29, 1.82) is 0 Å². The van der Waals surface area contributed by atoms with E-state index in [9.17, 15) is 8.42 Å². The van der Waals surface area contributed by atoms with Gasteiger partial charge >= 0.3 is 0 Å². The van der Waals surface area contributed by atoms with Gasteiger partial charge in [0.15, 0.2) is 0 Å². The number of nitrogens with zero attached hydrogens (tertiary/aromatic N) is 3. The van der Waals surface area contributed by atoms with Crippen LogP contribution in [0.2, 0.25) is 0 Å². The molecule has 2 aliphatic rings. The molecule has 1 aromatic heterocycles. The van der Waals surface area contributed by atoms with E-state index in [1.165, 1.54) is 19.1 Å². The average molecular weight is 302 g/mol. The van der Waals surface area contributed by atoms with Crippen LogP contribution >= 0.6 is 11.3 Å². The van der Waals surface area contributed by atoms with Crippen LogP contribution in [0.5, 0.6) is 0 Å². The molecule has 106 valence electrons. The Bertz CT molecular complexity index is 553. The lowest BCUT2D eigenvalue weighted by Gasteiger charge is -2.32. The van der Waals surface area contributed by atoms with Gasteiger partial charge in [-0.25, -0.2) is 13.1 Å². The van der Waals surface area contributed by atoms with E-state index in [0.29, 0.717) is 12.5 Å². The second-order valence-electron chi connectivity index (χ2n) is 5.37. The summed E-state index contributed by atoms with van der Waals surface area (Å²) in [4.78, 5) is 2.15. The Morgan fingerprint density at radius 3 is 2.79 bits per heavy atom. The fourth-order valence-corrected chi connectivity index (χ4v) is 4.24. The topological polar surface area (TPSA) is 75.2 Å². The summed E-state index contributed by atoms with van der Waals surface area (Å²) in [5.41, 5.74) is 0. The van der Waals surface area contributed by atoms with Crippen LogP contribution < -0.4 is 9.62 Å². The third kappa shape index (κ3) is 3.43. The molecule has 1 aliphatic heterocycles. The second-order valence-corrected chi connectivity index (χ2v) is 8.14. The molecule has 2 fully saturated rings. The molecule has 1 aromatic rings. The van der Waals surface area contributed by atoms with Crippen molar-refractivity contribution in [2.75, 3.05) is 24.2 Å². The zero-order valence-electron chi connectivity index (χ0n) is 10.9. The number of aromatic nitrogens is 2. The normalized spacial score (nSPS) is 24.7. The van der Waals surface area contributed by atoms with Crippen molar-refractivity contribution in [2.45, 2.75) is 37.6 Å². The Morgan fingerprint density at radius 1 is 1.32 bits per heavy atom. The van der Waals surface area contributed by atoms with Crippen molar-refractivity contribution in [3.8, 4) is 0 Å². The van der Waals surface area contributed by atoms with E-state index < -0.39 is 10.0 Å². The lowest BCUT2D eigenvalue weighted by Crippen LogP contribution is -2.47. The van der Waals surface area contributed by atoms with Gasteiger partial charge in [0.2, 0.25) is 15.2 Å². The van der Waals surface area contributed by atoms with Crippen LogP contribution in [0.4, 0.5) is 5.13 Å². The maximum absolute atomic E-state index is 11.3. The lowest BCUT2D eigenvalue weighted by molar-refractivity contribution is 0.467. The number of rotatable bonds is 4. The molecule has 8 heteroatoms. The highest BCUT2D eigenvalue weighted by atomic mass is 32.2. The van der Waals surface area contributed by atoms with E-state index >= 15 is 0 Å². The summed E-state index contributed by atoms with van der Waals surface area (Å²) in [6, 6.07) is -0.0166. The molecule has 0 spiro atoms. The van der Waals surface area contributed by atoms with Gasteiger partial charge in [0.25, 0.3) is 0 Å². The predicted molar refractivity (Wildman–Crippen MR) is 75.1 cm³/mol. The second kappa shape index (κ2) is 4.99. The highest BCUT2D eigenvalue weighted by Crippen LogP contribution is 2.42. The molecule has 1 unspecified atom stereocenters. The summed E-state index contributed by atoms with van der Waals surface area (Å²) in [7, 11) is -3.14. The molecule has 1 N–H and O–H groups in total. The van der Waals surface area contributed by atoms with Crippen LogP contribution in [0.25, 0.3) is 0 Å². The molecule has 1 aliphatic carbocycles. The van der Waals surface area contributed by atoms with Gasteiger partial charge in [0.1, 0.15) is 5.01 Å². The molecule has 1 saturated heterocycles. The number of anilines is 1. The van der Waals surface area contributed by atoms with Crippen molar-refractivity contribution in [1.82, 2.24) is 14.9 Å². The molecule has 0 amide bonds. The maximum atomic E-state index is 11.3. The predicted octanol–water partition coefficient (Wildman–Crippen LogP) is 0.933. The molecule has 1 saturated carbocycles. The van der Waals surface area contributed by atoms with E-state index in [0.717, 1.165) is 29.5 Å². The van der Waals surface area contributed by atoms with Crippen molar-refractivity contribution >= 4 is 26.5 Å². The number of hydrogen-bond acceptors (Lipinski definition) is 6. The standard InChI is InChI=1S/C11H18N4O2S2/c1-19(16,17)14-9-3-2-6-15(7-9)11-13-12-10(18-11)8-4-5-8/h8-9,14H,2-7H2,1H3. The monoisotopic (exact) mass is 302 g/mol. The first-order chi connectivity index (χ1) is 9.01. The molecule has 0 bridgehead atoms. The molecule has 0 radical (unpaired) electrons. The van der Waals surface area contributed by atoms with Crippen LogP contribution in [-0.2, 0) is 10.0 Å². The van der Waals surface area contributed by atoms with E-state index in [2.05, 4.69) is 19.8 Å². The number of sulfonamides is 1.